The van der Waals surface area contributed by atoms with Crippen LogP contribution in [0.15, 0.2) is 122 Å². The maximum absolute atomic E-state index is 12.7. The van der Waals surface area contributed by atoms with E-state index in [2.05, 4.69) is 135 Å². The highest BCUT2D eigenvalue weighted by atomic mass is 31.2. The number of hydrogen-bond donors (Lipinski definition) is 2. The Morgan fingerprint density at radius 2 is 0.627 bits per heavy atom. The maximum Gasteiger partial charge on any atom is 0.472 e. The van der Waals surface area contributed by atoms with Gasteiger partial charge >= 0.3 is 19.8 Å². The Morgan fingerprint density at radius 1 is 0.361 bits per heavy atom. The van der Waals surface area contributed by atoms with Crippen molar-refractivity contribution in [3.63, 3.8) is 0 Å². The van der Waals surface area contributed by atoms with Gasteiger partial charge in [-0.15, -0.1) is 0 Å². The molecule has 0 fully saturated rings. The van der Waals surface area contributed by atoms with Gasteiger partial charge in [-0.1, -0.05) is 302 Å². The first-order valence-corrected chi connectivity index (χ1v) is 35.5. The molecule has 0 saturated heterocycles. The molecule has 0 radical (unpaired) electrons. The van der Waals surface area contributed by atoms with E-state index in [-0.39, 0.29) is 38.6 Å². The van der Waals surface area contributed by atoms with Crippen LogP contribution >= 0.6 is 7.82 Å². The van der Waals surface area contributed by atoms with E-state index in [1.165, 1.54) is 154 Å². The number of hydrogen-bond acceptors (Lipinski definition) is 8. The van der Waals surface area contributed by atoms with Crippen LogP contribution in [-0.2, 0) is 32.7 Å². The zero-order valence-corrected chi connectivity index (χ0v) is 54.3. The van der Waals surface area contributed by atoms with Gasteiger partial charge in [0.2, 0.25) is 0 Å². The summed E-state index contributed by atoms with van der Waals surface area (Å²) in [5.41, 5.74) is 5.40. The first-order chi connectivity index (χ1) is 40.8. The minimum atomic E-state index is -4.40. The molecule has 2 atom stereocenters. The molecule has 10 heteroatoms. The van der Waals surface area contributed by atoms with E-state index >= 15 is 0 Å². The normalized spacial score (nSPS) is 13.7. The van der Waals surface area contributed by atoms with Crippen molar-refractivity contribution in [3.8, 4) is 0 Å². The van der Waals surface area contributed by atoms with Gasteiger partial charge < -0.3 is 20.1 Å². The first kappa shape index (κ1) is 79.4. The van der Waals surface area contributed by atoms with Crippen LogP contribution in [0.5, 0.6) is 0 Å². The third kappa shape index (κ3) is 67.4. The van der Waals surface area contributed by atoms with E-state index in [0.717, 1.165) is 109 Å². The van der Waals surface area contributed by atoms with E-state index in [1.807, 2.05) is 0 Å². The Balaban J connectivity index is 3.89. The van der Waals surface area contributed by atoms with Crippen LogP contribution in [0.3, 0.4) is 0 Å². The molecule has 83 heavy (non-hydrogen) atoms. The standard InChI is InChI=1S/C73H126NO8P/c1-3-5-7-9-11-13-15-17-19-21-23-25-27-29-31-32-33-34-35-36-37-38-40-41-43-45-47-49-51-53-55-57-59-61-63-65-72(75)79-69-71(70-81-83(77,78)80-68-67-74)82-73(76)66-64-62-60-58-56-54-52-50-48-46-44-42-39-30-28-26-24-22-20-18-16-14-12-10-8-6-4-2/h5-8,11-14,17-20,23-26,30,39,44,46,71H,3-4,9-10,15-16,21-22,27-29,31-38,40-43,45,47-70,74H2,1-2H3,(H,77,78)/b7-5-,8-6-,13-11-,14-12-,19-17-,20-18-,25-23-,26-24-,39-30-,46-44-. The lowest BCUT2D eigenvalue weighted by atomic mass is 10.0. The highest BCUT2D eigenvalue weighted by Crippen LogP contribution is 2.43. The van der Waals surface area contributed by atoms with E-state index in [1.54, 1.807) is 0 Å². The van der Waals surface area contributed by atoms with E-state index < -0.39 is 26.5 Å². The van der Waals surface area contributed by atoms with Crippen LogP contribution < -0.4 is 5.73 Å². The van der Waals surface area contributed by atoms with E-state index in [4.69, 9.17) is 24.3 Å². The summed E-state index contributed by atoms with van der Waals surface area (Å²) in [6.45, 7) is 3.53. The van der Waals surface area contributed by atoms with Crippen LogP contribution in [0, 0.1) is 0 Å². The fourth-order valence-electron chi connectivity index (χ4n) is 9.40. The van der Waals surface area contributed by atoms with Crippen LogP contribution in [0.25, 0.3) is 0 Å². The van der Waals surface area contributed by atoms with E-state index in [9.17, 15) is 19.0 Å². The van der Waals surface area contributed by atoms with Gasteiger partial charge in [0.05, 0.1) is 13.2 Å². The summed E-state index contributed by atoms with van der Waals surface area (Å²) in [6.07, 6.45) is 94.3. The molecule has 0 aliphatic carbocycles. The highest BCUT2D eigenvalue weighted by molar-refractivity contribution is 7.47. The molecule has 476 valence electrons. The molecule has 0 saturated carbocycles. The number of carbonyl (C=O) groups excluding carboxylic acids is 2. The fraction of sp³-hybridized carbons (Fsp3) is 0.699. The summed E-state index contributed by atoms with van der Waals surface area (Å²) in [4.78, 5) is 35.3. The molecule has 3 N–H and O–H groups in total. The average molecular weight is 1180 g/mol. The first-order valence-electron chi connectivity index (χ1n) is 34.0. The van der Waals surface area contributed by atoms with Crippen molar-refractivity contribution in [1.29, 1.82) is 0 Å². The number of rotatable bonds is 63. The quantitative estimate of drug-likeness (QED) is 0.0264. The van der Waals surface area contributed by atoms with Gasteiger partial charge in [-0.05, 0) is 103 Å². The van der Waals surface area contributed by atoms with Crippen molar-refractivity contribution in [2.75, 3.05) is 26.4 Å². The van der Waals surface area contributed by atoms with Crippen molar-refractivity contribution in [2.45, 2.75) is 302 Å². The average Bonchev–Trinajstić information content (AvgIpc) is 3.48. The van der Waals surface area contributed by atoms with Crippen LogP contribution in [-0.4, -0.2) is 49.3 Å². The van der Waals surface area contributed by atoms with Gasteiger partial charge in [-0.25, -0.2) is 4.57 Å². The number of phosphoric ester groups is 1. The molecule has 0 rings (SSSR count). The lowest BCUT2D eigenvalue weighted by Crippen LogP contribution is -2.29. The zero-order chi connectivity index (χ0) is 60.1. The Morgan fingerprint density at radius 3 is 0.928 bits per heavy atom. The number of nitrogens with two attached hydrogens (primary N) is 1. The lowest BCUT2D eigenvalue weighted by Gasteiger charge is -2.19. The Labute approximate surface area is 511 Å². The molecular formula is C73H126NO8P. The number of esters is 2. The summed E-state index contributed by atoms with van der Waals surface area (Å²) >= 11 is 0. The third-order valence-corrected chi connectivity index (χ3v) is 15.3. The van der Waals surface area contributed by atoms with E-state index in [0.29, 0.717) is 6.42 Å². The van der Waals surface area contributed by atoms with Crippen molar-refractivity contribution >= 4 is 19.8 Å². The second-order valence-electron chi connectivity index (χ2n) is 22.3. The molecule has 0 heterocycles. The summed E-state index contributed by atoms with van der Waals surface area (Å²) in [7, 11) is -4.40. The highest BCUT2D eigenvalue weighted by Gasteiger charge is 2.26. The van der Waals surface area contributed by atoms with Crippen LogP contribution in [0.1, 0.15) is 296 Å². The summed E-state index contributed by atoms with van der Waals surface area (Å²) in [5.74, 6) is -0.833. The van der Waals surface area contributed by atoms with Crippen molar-refractivity contribution in [2.24, 2.45) is 5.73 Å². The van der Waals surface area contributed by atoms with Gasteiger partial charge in [0, 0.05) is 19.4 Å². The third-order valence-electron chi connectivity index (χ3n) is 14.3. The van der Waals surface area contributed by atoms with Gasteiger partial charge in [0.15, 0.2) is 6.10 Å². The zero-order valence-electron chi connectivity index (χ0n) is 53.4. The molecule has 0 aromatic heterocycles. The largest absolute Gasteiger partial charge is 0.472 e. The topological polar surface area (TPSA) is 134 Å². The monoisotopic (exact) mass is 1180 g/mol. The minimum Gasteiger partial charge on any atom is -0.462 e. The molecule has 0 spiro atoms. The minimum absolute atomic E-state index is 0.0478. The number of ether oxygens (including phenoxy) is 2. The molecule has 0 aromatic rings. The second kappa shape index (κ2) is 67.5. The van der Waals surface area contributed by atoms with Crippen molar-refractivity contribution < 1.29 is 37.6 Å². The second-order valence-corrected chi connectivity index (χ2v) is 23.7. The maximum atomic E-state index is 12.7. The molecule has 0 aliphatic rings. The summed E-state index contributed by atoms with van der Waals surface area (Å²) in [5, 5.41) is 0. The predicted octanol–water partition coefficient (Wildman–Crippen LogP) is 22.3. The molecule has 0 bridgehead atoms. The SMILES string of the molecule is CC/C=C\C/C=C\C/C=C\C/C=C\C/C=C\C/C=C\CCCCCCCCCCC(=O)OC(COC(=O)CCCCCCCCCCCCCCCCCCCCCCCC/C=C\C/C=C\C/C=C\C/C=C\CC)COP(=O)(O)OCCN. The van der Waals surface area contributed by atoms with Crippen molar-refractivity contribution in [3.05, 3.63) is 122 Å². The molecule has 9 nitrogen and oxygen atoms in total. The number of phosphoric acid groups is 1. The number of unbranched alkanes of at least 4 members (excludes halogenated alkanes) is 30. The number of carbonyl (C=O) groups is 2. The van der Waals surface area contributed by atoms with Crippen LogP contribution in [0.4, 0.5) is 0 Å². The van der Waals surface area contributed by atoms with Gasteiger partial charge in [0.1, 0.15) is 6.61 Å². The smallest absolute Gasteiger partial charge is 0.462 e. The Kier molecular flexibility index (Phi) is 64.6. The molecule has 2 unspecified atom stereocenters. The van der Waals surface area contributed by atoms with Gasteiger partial charge in [-0.2, -0.15) is 0 Å². The van der Waals surface area contributed by atoms with Gasteiger partial charge in [0.25, 0.3) is 0 Å². The molecule has 0 aliphatic heterocycles. The summed E-state index contributed by atoms with van der Waals surface area (Å²) < 4.78 is 33.2. The summed E-state index contributed by atoms with van der Waals surface area (Å²) in [6, 6.07) is 0. The van der Waals surface area contributed by atoms with Gasteiger partial charge in [-0.3, -0.25) is 18.6 Å². The van der Waals surface area contributed by atoms with Crippen LogP contribution in [0.2, 0.25) is 0 Å². The Bertz CT molecular complexity index is 1770. The van der Waals surface area contributed by atoms with Crippen molar-refractivity contribution in [1.82, 2.24) is 0 Å². The molecular weight excluding hydrogens is 1050 g/mol. The lowest BCUT2D eigenvalue weighted by molar-refractivity contribution is -0.161. The fourth-order valence-corrected chi connectivity index (χ4v) is 10.2. The molecule has 0 amide bonds. The Hall–Kier alpha value is -3.59. The predicted molar refractivity (Wildman–Crippen MR) is 358 cm³/mol. The molecule has 0 aromatic carbocycles. The number of allylic oxidation sites excluding steroid dienone is 20.